The van der Waals surface area contributed by atoms with Crippen molar-refractivity contribution < 1.29 is 14.3 Å². The SMILES string of the molecule is CCOc1cc(/C=C2/N=C(SCC)SC2=O)cc(Br)c1OC. The van der Waals surface area contributed by atoms with Gasteiger partial charge in [0.05, 0.1) is 18.2 Å². The van der Waals surface area contributed by atoms with Gasteiger partial charge in [-0.3, -0.25) is 4.79 Å². The van der Waals surface area contributed by atoms with E-state index in [1.807, 2.05) is 26.0 Å². The monoisotopic (exact) mass is 401 g/mol. The molecule has 0 aliphatic carbocycles. The molecule has 0 spiro atoms. The Morgan fingerprint density at radius 1 is 1.41 bits per heavy atom. The van der Waals surface area contributed by atoms with E-state index in [1.54, 1.807) is 24.9 Å². The van der Waals surface area contributed by atoms with Crippen molar-refractivity contribution in [3.63, 3.8) is 0 Å². The summed E-state index contributed by atoms with van der Waals surface area (Å²) >= 11 is 6.22. The molecule has 4 nitrogen and oxygen atoms in total. The van der Waals surface area contributed by atoms with Crippen LogP contribution in [0, 0.1) is 0 Å². The molecule has 1 aliphatic rings. The molecule has 0 N–H and O–H groups in total. The van der Waals surface area contributed by atoms with Crippen LogP contribution in [0.1, 0.15) is 19.4 Å². The molecule has 1 aromatic carbocycles. The number of methoxy groups -OCH3 is 1. The third-order valence-corrected chi connectivity index (χ3v) is 5.19. The first-order valence-corrected chi connectivity index (χ1v) is 9.34. The van der Waals surface area contributed by atoms with Crippen molar-refractivity contribution in [2.24, 2.45) is 4.99 Å². The van der Waals surface area contributed by atoms with Crippen LogP contribution in [-0.4, -0.2) is 29.0 Å². The molecule has 0 bridgehead atoms. The van der Waals surface area contributed by atoms with Crippen molar-refractivity contribution in [2.75, 3.05) is 19.5 Å². The number of benzene rings is 1. The van der Waals surface area contributed by atoms with E-state index in [2.05, 4.69) is 20.9 Å². The lowest BCUT2D eigenvalue weighted by molar-refractivity contribution is -0.107. The first-order chi connectivity index (χ1) is 10.6. The van der Waals surface area contributed by atoms with Crippen LogP contribution in [0.15, 0.2) is 27.3 Å². The summed E-state index contributed by atoms with van der Waals surface area (Å²) in [5.41, 5.74) is 1.30. The average Bonchev–Trinajstić information content (AvgIpc) is 2.79. The molecular formula is C15H16BrNO3S2. The molecule has 1 heterocycles. The van der Waals surface area contributed by atoms with Gasteiger partial charge in [-0.05, 0) is 64.1 Å². The standard InChI is InChI=1S/C15H16BrNO3S2/c1-4-20-12-8-9(6-10(16)13(12)19-3)7-11-14(18)22-15(17-11)21-5-2/h6-8H,4-5H2,1-3H3/b11-7+. The van der Waals surface area contributed by atoms with Crippen LogP contribution in [0.2, 0.25) is 0 Å². The minimum absolute atomic E-state index is 0.0270. The molecule has 0 radical (unpaired) electrons. The number of hydrogen-bond acceptors (Lipinski definition) is 6. The lowest BCUT2D eigenvalue weighted by Gasteiger charge is -2.12. The maximum absolute atomic E-state index is 12.0. The van der Waals surface area contributed by atoms with Crippen LogP contribution in [0.3, 0.4) is 0 Å². The summed E-state index contributed by atoms with van der Waals surface area (Å²) in [6.45, 7) is 4.48. The number of thioether (sulfide) groups is 2. The van der Waals surface area contributed by atoms with E-state index in [0.29, 0.717) is 23.8 Å². The highest BCUT2D eigenvalue weighted by Crippen LogP contribution is 2.38. The van der Waals surface area contributed by atoms with E-state index >= 15 is 0 Å². The molecule has 0 atom stereocenters. The fourth-order valence-electron chi connectivity index (χ4n) is 1.86. The Hall–Kier alpha value is -0.920. The van der Waals surface area contributed by atoms with Gasteiger partial charge >= 0.3 is 0 Å². The first kappa shape index (κ1) is 17.4. The highest BCUT2D eigenvalue weighted by Gasteiger charge is 2.22. The number of nitrogens with zero attached hydrogens (tertiary/aromatic N) is 1. The molecule has 1 aromatic rings. The van der Waals surface area contributed by atoms with E-state index in [4.69, 9.17) is 9.47 Å². The van der Waals surface area contributed by atoms with Crippen molar-refractivity contribution in [1.82, 2.24) is 0 Å². The number of halogens is 1. The van der Waals surface area contributed by atoms with Crippen LogP contribution >= 0.6 is 39.5 Å². The number of carbonyl (C=O) groups is 1. The van der Waals surface area contributed by atoms with Gasteiger partial charge in [-0.15, -0.1) is 0 Å². The Morgan fingerprint density at radius 3 is 2.82 bits per heavy atom. The third-order valence-electron chi connectivity index (χ3n) is 2.71. The molecule has 0 saturated heterocycles. The topological polar surface area (TPSA) is 47.9 Å². The molecule has 118 valence electrons. The second-order valence-electron chi connectivity index (χ2n) is 4.20. The highest BCUT2D eigenvalue weighted by molar-refractivity contribution is 9.10. The first-order valence-electron chi connectivity index (χ1n) is 6.74. The number of carbonyl (C=O) groups excluding carboxylic acids is 1. The van der Waals surface area contributed by atoms with E-state index in [1.165, 1.54) is 11.8 Å². The molecule has 0 amide bonds. The van der Waals surface area contributed by atoms with Gasteiger partial charge in [0.15, 0.2) is 11.5 Å². The largest absolute Gasteiger partial charge is 0.492 e. The van der Waals surface area contributed by atoms with Gasteiger partial charge in [-0.25, -0.2) is 4.99 Å². The summed E-state index contributed by atoms with van der Waals surface area (Å²) in [5.74, 6) is 2.17. The molecule has 1 aliphatic heterocycles. The third kappa shape index (κ3) is 4.08. The van der Waals surface area contributed by atoms with Crippen molar-refractivity contribution >= 4 is 55.0 Å². The zero-order chi connectivity index (χ0) is 16.1. The van der Waals surface area contributed by atoms with Crippen LogP contribution in [0.25, 0.3) is 6.08 Å². The van der Waals surface area contributed by atoms with E-state index in [-0.39, 0.29) is 5.12 Å². The molecule has 2 rings (SSSR count). The highest BCUT2D eigenvalue weighted by atomic mass is 79.9. The minimum Gasteiger partial charge on any atom is -0.492 e. The molecule has 22 heavy (non-hydrogen) atoms. The summed E-state index contributed by atoms with van der Waals surface area (Å²) in [7, 11) is 1.59. The van der Waals surface area contributed by atoms with E-state index in [9.17, 15) is 4.79 Å². The van der Waals surface area contributed by atoms with Crippen LogP contribution in [0.4, 0.5) is 0 Å². The van der Waals surface area contributed by atoms with Gasteiger partial charge in [0.1, 0.15) is 10.1 Å². The van der Waals surface area contributed by atoms with E-state index < -0.39 is 0 Å². The van der Waals surface area contributed by atoms with E-state index in [0.717, 1.165) is 20.2 Å². The normalized spacial score (nSPS) is 16.1. The second-order valence-corrected chi connectivity index (χ2v) is 7.52. The van der Waals surface area contributed by atoms with Crippen molar-refractivity contribution in [3.8, 4) is 11.5 Å². The van der Waals surface area contributed by atoms with Gasteiger partial charge in [0.2, 0.25) is 5.12 Å². The smallest absolute Gasteiger partial charge is 0.244 e. The molecule has 0 aromatic heterocycles. The second kappa shape index (κ2) is 8.08. The number of rotatable bonds is 5. The molecule has 0 unspecified atom stereocenters. The average molecular weight is 402 g/mol. The maximum atomic E-state index is 12.0. The van der Waals surface area contributed by atoms with Crippen LogP contribution in [0.5, 0.6) is 11.5 Å². The fraction of sp³-hybridized carbons (Fsp3) is 0.333. The Kier molecular flexibility index (Phi) is 6.40. The fourth-order valence-corrected chi connectivity index (χ4v) is 4.22. The zero-order valence-corrected chi connectivity index (χ0v) is 15.7. The van der Waals surface area contributed by atoms with Crippen LogP contribution < -0.4 is 9.47 Å². The molecular weight excluding hydrogens is 386 g/mol. The molecule has 0 saturated carbocycles. The summed E-state index contributed by atoms with van der Waals surface area (Å²) in [4.78, 5) is 16.4. The minimum atomic E-state index is -0.0270. The predicted molar refractivity (Wildman–Crippen MR) is 98.0 cm³/mol. The Morgan fingerprint density at radius 2 is 2.18 bits per heavy atom. The van der Waals surface area contributed by atoms with Crippen molar-refractivity contribution in [3.05, 3.63) is 27.9 Å². The lowest BCUT2D eigenvalue weighted by atomic mass is 10.1. The van der Waals surface area contributed by atoms with Gasteiger partial charge in [0, 0.05) is 0 Å². The Labute approximate surface area is 146 Å². The van der Waals surface area contributed by atoms with Crippen molar-refractivity contribution in [1.29, 1.82) is 0 Å². The van der Waals surface area contributed by atoms with Gasteiger partial charge < -0.3 is 9.47 Å². The lowest BCUT2D eigenvalue weighted by Crippen LogP contribution is -1.97. The van der Waals surface area contributed by atoms with Gasteiger partial charge in [-0.1, -0.05) is 18.7 Å². The van der Waals surface area contributed by atoms with Crippen LogP contribution in [-0.2, 0) is 4.79 Å². The maximum Gasteiger partial charge on any atom is 0.244 e. The van der Waals surface area contributed by atoms with Gasteiger partial charge in [-0.2, -0.15) is 0 Å². The Balaban J connectivity index is 2.37. The van der Waals surface area contributed by atoms with Crippen molar-refractivity contribution in [2.45, 2.75) is 13.8 Å². The zero-order valence-electron chi connectivity index (χ0n) is 12.5. The number of hydrogen-bond donors (Lipinski definition) is 0. The summed E-state index contributed by atoms with van der Waals surface area (Å²) < 4.78 is 12.5. The summed E-state index contributed by atoms with van der Waals surface area (Å²) in [6.07, 6.45) is 1.77. The van der Waals surface area contributed by atoms with Gasteiger partial charge in [0.25, 0.3) is 0 Å². The molecule has 0 fully saturated rings. The summed E-state index contributed by atoms with van der Waals surface area (Å²) in [5, 5.41) is -0.0270. The summed E-state index contributed by atoms with van der Waals surface area (Å²) in [6, 6.07) is 3.73. The predicted octanol–water partition coefficient (Wildman–Crippen LogP) is 4.58. The Bertz CT molecular complexity index is 644. The molecule has 7 heteroatoms. The number of aliphatic imine (C=N–C) groups is 1. The quantitative estimate of drug-likeness (QED) is 0.675. The number of ether oxygens (including phenoxy) is 2.